The van der Waals surface area contributed by atoms with E-state index in [1.807, 2.05) is 12.1 Å². The van der Waals surface area contributed by atoms with Crippen LogP contribution in [0.2, 0.25) is 10.0 Å². The number of halogens is 2. The zero-order chi connectivity index (χ0) is 19.1. The molecule has 0 radical (unpaired) electrons. The van der Waals surface area contributed by atoms with Gasteiger partial charge in [-0.25, -0.2) is 4.79 Å². The van der Waals surface area contributed by atoms with Crippen LogP contribution in [-0.4, -0.2) is 17.6 Å². The van der Waals surface area contributed by atoms with E-state index in [4.69, 9.17) is 27.9 Å². The van der Waals surface area contributed by atoms with Crippen LogP contribution >= 0.6 is 23.2 Å². The summed E-state index contributed by atoms with van der Waals surface area (Å²) in [5.74, 6) is -0.514. The highest BCUT2D eigenvalue weighted by Gasteiger charge is 2.27. The van der Waals surface area contributed by atoms with E-state index in [2.05, 4.69) is 0 Å². The van der Waals surface area contributed by atoms with Crippen LogP contribution in [0.5, 0.6) is 0 Å². The van der Waals surface area contributed by atoms with E-state index >= 15 is 0 Å². The van der Waals surface area contributed by atoms with Crippen molar-refractivity contribution in [1.82, 2.24) is 4.57 Å². The second-order valence-corrected chi connectivity index (χ2v) is 7.14. The highest BCUT2D eigenvalue weighted by atomic mass is 35.5. The summed E-state index contributed by atoms with van der Waals surface area (Å²) in [4.78, 5) is 25.8. The van der Waals surface area contributed by atoms with Gasteiger partial charge in [-0.3, -0.25) is 4.79 Å². The molecule has 1 aromatic heterocycles. The number of ether oxygens (including phenoxy) is 1. The van der Waals surface area contributed by atoms with Crippen LogP contribution in [0.4, 0.5) is 0 Å². The number of hydrogen-bond acceptors (Lipinski definition) is 3. The molecule has 2 heterocycles. The van der Waals surface area contributed by atoms with Crippen molar-refractivity contribution in [2.75, 3.05) is 7.11 Å². The summed E-state index contributed by atoms with van der Waals surface area (Å²) in [5, 5.41) is 0.992. The molecule has 27 heavy (non-hydrogen) atoms. The molecule has 4 nitrogen and oxygen atoms in total. The van der Waals surface area contributed by atoms with Gasteiger partial charge in [-0.1, -0.05) is 47.5 Å². The molecule has 0 spiro atoms. The summed E-state index contributed by atoms with van der Waals surface area (Å²) in [6.07, 6.45) is 0.673. The van der Waals surface area contributed by atoms with Gasteiger partial charge in [0.2, 0.25) is 0 Å². The van der Waals surface area contributed by atoms with Gasteiger partial charge in [-0.05, 0) is 36.2 Å². The molecule has 3 aromatic rings. The molecule has 0 fully saturated rings. The molecular weight excluding hydrogens is 385 g/mol. The Labute approximate surface area is 165 Å². The van der Waals surface area contributed by atoms with E-state index in [1.165, 1.54) is 7.11 Å². The number of rotatable bonds is 2. The molecule has 0 unspecified atom stereocenters. The number of pyridine rings is 1. The zero-order valence-corrected chi connectivity index (χ0v) is 16.0. The van der Waals surface area contributed by atoms with Crippen LogP contribution in [0.25, 0.3) is 22.4 Å². The third kappa shape index (κ3) is 2.95. The molecule has 0 saturated heterocycles. The van der Waals surface area contributed by atoms with Gasteiger partial charge in [0, 0.05) is 33.3 Å². The van der Waals surface area contributed by atoms with Gasteiger partial charge in [0.25, 0.3) is 5.56 Å². The summed E-state index contributed by atoms with van der Waals surface area (Å²) in [5.41, 5.74) is 3.42. The molecule has 0 saturated carbocycles. The van der Waals surface area contributed by atoms with E-state index in [0.29, 0.717) is 45.4 Å². The molecule has 6 heteroatoms. The molecule has 1 aliphatic rings. The van der Waals surface area contributed by atoms with Crippen molar-refractivity contribution in [1.29, 1.82) is 0 Å². The van der Waals surface area contributed by atoms with Crippen LogP contribution in [0.3, 0.4) is 0 Å². The molecule has 0 aliphatic carbocycles. The molecule has 2 aromatic carbocycles. The minimum atomic E-state index is -0.514. The van der Waals surface area contributed by atoms with Gasteiger partial charge in [-0.2, -0.15) is 0 Å². The maximum atomic E-state index is 13.2. The first-order chi connectivity index (χ1) is 13.0. The molecule has 0 atom stereocenters. The van der Waals surface area contributed by atoms with Crippen molar-refractivity contribution in [3.05, 3.63) is 80.1 Å². The van der Waals surface area contributed by atoms with Crippen LogP contribution in [0.1, 0.15) is 15.9 Å². The normalized spacial score (nSPS) is 12.3. The standard InChI is InChI=1S/C21H15Cl2NO3/c1-27-21(26)17-11-16(14-4-2-3-5-18(14)23)20(25)24-9-8-12-6-7-13(22)10-15(12)19(17)24/h2-7,10-11H,8-9H2,1H3. The average molecular weight is 400 g/mol. The number of nitrogens with zero attached hydrogens (tertiary/aromatic N) is 1. The van der Waals surface area contributed by atoms with Gasteiger partial charge in [0.15, 0.2) is 0 Å². The number of benzene rings is 2. The quantitative estimate of drug-likeness (QED) is 0.579. The Hall–Kier alpha value is -2.56. The summed E-state index contributed by atoms with van der Waals surface area (Å²) in [6, 6.07) is 14.2. The fourth-order valence-corrected chi connectivity index (χ4v) is 3.94. The van der Waals surface area contributed by atoms with Crippen molar-refractivity contribution < 1.29 is 9.53 Å². The van der Waals surface area contributed by atoms with Crippen LogP contribution in [0, 0.1) is 0 Å². The predicted octanol–water partition coefficient (Wildman–Crippen LogP) is 4.83. The lowest BCUT2D eigenvalue weighted by Crippen LogP contribution is -2.30. The molecule has 1 aliphatic heterocycles. The Bertz CT molecular complexity index is 1130. The van der Waals surface area contributed by atoms with Crippen molar-refractivity contribution >= 4 is 29.2 Å². The number of carbonyl (C=O) groups is 1. The third-order valence-electron chi connectivity index (χ3n) is 4.79. The number of methoxy groups -OCH3 is 1. The van der Waals surface area contributed by atoms with E-state index in [9.17, 15) is 9.59 Å². The lowest BCUT2D eigenvalue weighted by atomic mass is 9.92. The molecular formula is C21H15Cl2NO3. The lowest BCUT2D eigenvalue weighted by molar-refractivity contribution is 0.0600. The number of aromatic nitrogens is 1. The van der Waals surface area contributed by atoms with Gasteiger partial charge in [-0.15, -0.1) is 0 Å². The monoisotopic (exact) mass is 399 g/mol. The Morgan fingerprint density at radius 1 is 1.04 bits per heavy atom. The first-order valence-electron chi connectivity index (χ1n) is 8.41. The molecule has 4 rings (SSSR count). The molecule has 0 N–H and O–H groups in total. The Balaban J connectivity index is 2.08. The Morgan fingerprint density at radius 3 is 2.56 bits per heavy atom. The van der Waals surface area contributed by atoms with Gasteiger partial charge < -0.3 is 9.30 Å². The fraction of sp³-hybridized carbons (Fsp3) is 0.143. The van der Waals surface area contributed by atoms with Crippen LogP contribution in [-0.2, 0) is 17.7 Å². The lowest BCUT2D eigenvalue weighted by Gasteiger charge is -2.25. The van der Waals surface area contributed by atoms with Crippen molar-refractivity contribution in [2.45, 2.75) is 13.0 Å². The van der Waals surface area contributed by atoms with E-state index < -0.39 is 5.97 Å². The SMILES string of the molecule is COC(=O)c1cc(-c2ccccc2Cl)c(=O)n2c1-c1cc(Cl)ccc1CC2. The number of esters is 1. The van der Waals surface area contributed by atoms with Crippen molar-refractivity contribution in [3.8, 4) is 22.4 Å². The van der Waals surface area contributed by atoms with E-state index in [0.717, 1.165) is 11.1 Å². The number of carbonyl (C=O) groups excluding carboxylic acids is 1. The van der Waals surface area contributed by atoms with Crippen molar-refractivity contribution in [3.63, 3.8) is 0 Å². The molecule has 0 bridgehead atoms. The highest BCUT2D eigenvalue weighted by Crippen LogP contribution is 2.36. The second kappa shape index (κ2) is 6.87. The molecule has 136 valence electrons. The highest BCUT2D eigenvalue weighted by molar-refractivity contribution is 6.33. The smallest absolute Gasteiger partial charge is 0.340 e. The first-order valence-corrected chi connectivity index (χ1v) is 9.16. The summed E-state index contributed by atoms with van der Waals surface area (Å²) >= 11 is 12.5. The van der Waals surface area contributed by atoms with Gasteiger partial charge in [0.05, 0.1) is 18.4 Å². The summed E-state index contributed by atoms with van der Waals surface area (Å²) in [7, 11) is 1.32. The predicted molar refractivity (Wildman–Crippen MR) is 107 cm³/mol. The maximum absolute atomic E-state index is 13.2. The van der Waals surface area contributed by atoms with E-state index in [1.54, 1.807) is 41.0 Å². The first kappa shape index (κ1) is 17.8. The summed E-state index contributed by atoms with van der Waals surface area (Å²) < 4.78 is 6.60. The Morgan fingerprint density at radius 2 is 1.81 bits per heavy atom. The Kier molecular flexibility index (Phi) is 4.54. The second-order valence-electron chi connectivity index (χ2n) is 6.30. The fourth-order valence-electron chi connectivity index (χ4n) is 3.53. The number of hydrogen-bond donors (Lipinski definition) is 0. The largest absolute Gasteiger partial charge is 0.465 e. The third-order valence-corrected chi connectivity index (χ3v) is 5.36. The topological polar surface area (TPSA) is 48.3 Å². The minimum Gasteiger partial charge on any atom is -0.465 e. The van der Waals surface area contributed by atoms with Crippen LogP contribution < -0.4 is 5.56 Å². The summed E-state index contributed by atoms with van der Waals surface area (Å²) in [6.45, 7) is 0.463. The maximum Gasteiger partial charge on any atom is 0.340 e. The van der Waals surface area contributed by atoms with Gasteiger partial charge >= 0.3 is 5.97 Å². The van der Waals surface area contributed by atoms with Crippen molar-refractivity contribution in [2.24, 2.45) is 0 Å². The number of fused-ring (bicyclic) bond motifs is 3. The average Bonchev–Trinajstić information content (AvgIpc) is 2.68. The van der Waals surface area contributed by atoms with E-state index in [-0.39, 0.29) is 5.56 Å². The number of aryl methyl sites for hydroxylation is 1. The zero-order valence-electron chi connectivity index (χ0n) is 14.5. The minimum absolute atomic E-state index is 0.198. The van der Waals surface area contributed by atoms with Crippen LogP contribution in [0.15, 0.2) is 53.3 Å². The van der Waals surface area contributed by atoms with Gasteiger partial charge in [0.1, 0.15) is 0 Å². The molecule has 0 amide bonds.